The van der Waals surface area contributed by atoms with Crippen molar-refractivity contribution in [2.45, 2.75) is 16.2 Å². The molecule has 1 N–H and O–H groups in total. The molecule has 0 radical (unpaired) electrons. The van der Waals surface area contributed by atoms with Crippen molar-refractivity contribution in [3.63, 3.8) is 0 Å². The van der Waals surface area contributed by atoms with Crippen molar-refractivity contribution in [1.29, 1.82) is 0 Å². The van der Waals surface area contributed by atoms with Crippen molar-refractivity contribution < 1.29 is 4.79 Å². The lowest BCUT2D eigenvalue weighted by Gasteiger charge is -2.18. The summed E-state index contributed by atoms with van der Waals surface area (Å²) in [5.74, 6) is 0.0901. The summed E-state index contributed by atoms with van der Waals surface area (Å²) in [5, 5.41) is 3.23. The highest BCUT2D eigenvalue weighted by atomic mass is 35.5. The Morgan fingerprint density at radius 1 is 1.19 bits per heavy atom. The molecule has 1 aliphatic carbocycles. The molecule has 0 unspecified atom stereocenters. The van der Waals surface area contributed by atoms with Gasteiger partial charge in [-0.2, -0.15) is 0 Å². The van der Waals surface area contributed by atoms with Crippen LogP contribution in [-0.4, -0.2) is 15.2 Å². The molecule has 0 saturated heterocycles. The normalized spacial score (nSPS) is 22.6. The lowest BCUT2D eigenvalue weighted by Crippen LogP contribution is -2.32. The van der Waals surface area contributed by atoms with Crippen molar-refractivity contribution in [1.82, 2.24) is 4.98 Å². The molecule has 0 aliphatic heterocycles. The van der Waals surface area contributed by atoms with E-state index in [1.807, 2.05) is 30.3 Å². The molecule has 0 bridgehead atoms. The maximum absolute atomic E-state index is 12.7. The van der Waals surface area contributed by atoms with Crippen LogP contribution in [0.2, 0.25) is 5.02 Å². The largest absolute Gasteiger partial charge is 0.310 e. The molecule has 0 spiro atoms. The Kier molecular flexibility index (Phi) is 3.60. The quantitative estimate of drug-likeness (QED) is 0.851. The third-order valence-corrected chi connectivity index (χ3v) is 4.75. The summed E-state index contributed by atoms with van der Waals surface area (Å²) in [7, 11) is 0. The van der Waals surface area contributed by atoms with Crippen molar-refractivity contribution in [3.8, 4) is 0 Å². The second-order valence-electron chi connectivity index (χ2n) is 4.97. The summed E-state index contributed by atoms with van der Waals surface area (Å²) in [4.78, 5) is 16.7. The number of rotatable bonds is 3. The topological polar surface area (TPSA) is 42.0 Å². The maximum atomic E-state index is 12.7. The number of nitrogens with one attached hydrogen (secondary N) is 1. The highest BCUT2D eigenvalue weighted by Crippen LogP contribution is 2.65. The summed E-state index contributed by atoms with van der Waals surface area (Å²) in [6, 6.07) is 12.5. The molecule has 1 aromatic carbocycles. The van der Waals surface area contributed by atoms with Crippen molar-refractivity contribution in [2.24, 2.45) is 0 Å². The highest BCUT2D eigenvalue weighted by molar-refractivity contribution is 6.54. The minimum atomic E-state index is -1.11. The zero-order valence-corrected chi connectivity index (χ0v) is 13.1. The number of pyridine rings is 1. The monoisotopic (exact) mass is 340 g/mol. The fourth-order valence-electron chi connectivity index (χ4n) is 2.40. The molecule has 1 fully saturated rings. The molecule has 1 saturated carbocycles. The third kappa shape index (κ3) is 2.50. The van der Waals surface area contributed by atoms with Gasteiger partial charge in [0.05, 0.1) is 0 Å². The standard InChI is InChI=1S/C15H11Cl3N2O/c16-11-6-7-19-12(8-11)20-13(21)14(9-15(14,17)18)10-4-2-1-3-5-10/h1-8H,9H2,(H,19,20,21)/t14-/m0/s1. The van der Waals surface area contributed by atoms with Crippen LogP contribution in [0.25, 0.3) is 0 Å². The minimum absolute atomic E-state index is 0.284. The first-order valence-corrected chi connectivity index (χ1v) is 7.45. The average Bonchev–Trinajstić information content (AvgIpc) is 3.04. The minimum Gasteiger partial charge on any atom is -0.310 e. The van der Waals surface area contributed by atoms with E-state index in [1.54, 1.807) is 12.1 Å². The van der Waals surface area contributed by atoms with Crippen molar-refractivity contribution >= 4 is 46.5 Å². The summed E-state index contributed by atoms with van der Waals surface area (Å²) in [6.45, 7) is 0. The van der Waals surface area contributed by atoms with Gasteiger partial charge in [-0.1, -0.05) is 41.9 Å². The van der Waals surface area contributed by atoms with E-state index in [-0.39, 0.29) is 5.91 Å². The van der Waals surface area contributed by atoms with E-state index < -0.39 is 9.75 Å². The molecule has 3 rings (SSSR count). The molecule has 1 heterocycles. The molecule has 1 atom stereocenters. The van der Waals surface area contributed by atoms with Gasteiger partial charge in [0.25, 0.3) is 0 Å². The van der Waals surface area contributed by atoms with E-state index >= 15 is 0 Å². The fraction of sp³-hybridized carbons (Fsp3) is 0.200. The second kappa shape index (κ2) is 5.16. The van der Waals surface area contributed by atoms with Gasteiger partial charge in [-0.15, -0.1) is 23.2 Å². The van der Waals surface area contributed by atoms with Crippen LogP contribution in [0.5, 0.6) is 0 Å². The van der Waals surface area contributed by atoms with Crippen LogP contribution in [0.1, 0.15) is 12.0 Å². The van der Waals surface area contributed by atoms with Gasteiger partial charge in [0, 0.05) is 17.6 Å². The molecule has 3 nitrogen and oxygen atoms in total. The molecule has 1 aromatic heterocycles. The van der Waals surface area contributed by atoms with Crippen LogP contribution in [-0.2, 0) is 10.2 Å². The van der Waals surface area contributed by atoms with Crippen LogP contribution < -0.4 is 5.32 Å². The van der Waals surface area contributed by atoms with E-state index in [0.717, 1.165) is 5.56 Å². The number of aromatic nitrogens is 1. The Balaban J connectivity index is 1.91. The lowest BCUT2D eigenvalue weighted by molar-refractivity contribution is -0.118. The number of amides is 1. The van der Waals surface area contributed by atoms with Gasteiger partial charge < -0.3 is 5.32 Å². The number of alkyl halides is 2. The van der Waals surface area contributed by atoms with E-state index in [4.69, 9.17) is 34.8 Å². The summed E-state index contributed by atoms with van der Waals surface area (Å²) in [5.41, 5.74) is -0.170. The first kappa shape index (κ1) is 14.6. The molecule has 1 amide bonds. The smallest absolute Gasteiger partial charge is 0.239 e. The Morgan fingerprint density at radius 2 is 1.86 bits per heavy atom. The van der Waals surface area contributed by atoms with Gasteiger partial charge in [0.2, 0.25) is 5.91 Å². The second-order valence-corrected chi connectivity index (χ2v) is 6.89. The Morgan fingerprint density at radius 3 is 2.43 bits per heavy atom. The summed E-state index contributed by atoms with van der Waals surface area (Å²) < 4.78 is -1.11. The highest BCUT2D eigenvalue weighted by Gasteiger charge is 2.72. The molecule has 1 aliphatic rings. The number of carbonyl (C=O) groups is 1. The number of carbonyl (C=O) groups excluding carboxylic acids is 1. The van der Waals surface area contributed by atoms with E-state index in [2.05, 4.69) is 10.3 Å². The molecule has 21 heavy (non-hydrogen) atoms. The Hall–Kier alpha value is -1.29. The van der Waals surface area contributed by atoms with Crippen LogP contribution >= 0.6 is 34.8 Å². The number of hydrogen-bond donors (Lipinski definition) is 1. The number of hydrogen-bond acceptors (Lipinski definition) is 2. The van der Waals surface area contributed by atoms with Crippen molar-refractivity contribution in [2.75, 3.05) is 5.32 Å². The van der Waals surface area contributed by atoms with Gasteiger partial charge in [-0.3, -0.25) is 4.79 Å². The van der Waals surface area contributed by atoms with Gasteiger partial charge in [0.1, 0.15) is 15.6 Å². The first-order valence-electron chi connectivity index (χ1n) is 6.32. The maximum Gasteiger partial charge on any atom is 0.239 e. The van der Waals surface area contributed by atoms with Crippen LogP contribution in [0, 0.1) is 0 Å². The number of anilines is 1. The summed E-state index contributed by atoms with van der Waals surface area (Å²) >= 11 is 18.4. The van der Waals surface area contributed by atoms with Crippen LogP contribution in [0.4, 0.5) is 5.82 Å². The van der Waals surface area contributed by atoms with E-state index in [9.17, 15) is 4.79 Å². The number of benzene rings is 1. The molecule has 2 aromatic rings. The van der Waals surface area contributed by atoms with Gasteiger partial charge >= 0.3 is 0 Å². The zero-order valence-electron chi connectivity index (χ0n) is 10.8. The Labute approximate surface area is 137 Å². The summed E-state index contributed by atoms with van der Waals surface area (Å²) in [6.07, 6.45) is 1.88. The van der Waals surface area contributed by atoms with Gasteiger partial charge in [-0.25, -0.2) is 4.98 Å². The van der Waals surface area contributed by atoms with Crippen LogP contribution in [0.3, 0.4) is 0 Å². The zero-order chi connectivity index (χ0) is 15.1. The lowest BCUT2D eigenvalue weighted by atomic mass is 9.95. The Bertz CT molecular complexity index is 690. The van der Waals surface area contributed by atoms with Crippen LogP contribution in [0.15, 0.2) is 48.7 Å². The first-order chi connectivity index (χ1) is 9.96. The molecular formula is C15H11Cl3N2O. The van der Waals surface area contributed by atoms with E-state index in [1.165, 1.54) is 6.20 Å². The third-order valence-electron chi connectivity index (χ3n) is 3.60. The molecule has 6 heteroatoms. The van der Waals surface area contributed by atoms with Gasteiger partial charge in [0.15, 0.2) is 0 Å². The van der Waals surface area contributed by atoms with E-state index in [0.29, 0.717) is 17.3 Å². The predicted molar refractivity (Wildman–Crippen MR) is 85.1 cm³/mol. The SMILES string of the molecule is O=C(Nc1cc(Cl)ccn1)[C@@]1(c2ccccc2)CC1(Cl)Cl. The predicted octanol–water partition coefficient (Wildman–Crippen LogP) is 4.19. The average molecular weight is 342 g/mol. The van der Waals surface area contributed by atoms with Gasteiger partial charge in [-0.05, 0) is 17.7 Å². The molecule has 108 valence electrons. The molecular weight excluding hydrogens is 331 g/mol. The fourth-order valence-corrected chi connectivity index (χ4v) is 3.35. The number of nitrogens with zero attached hydrogens (tertiary/aromatic N) is 1. The van der Waals surface area contributed by atoms with Crippen molar-refractivity contribution in [3.05, 3.63) is 59.2 Å². The number of halogens is 3.